The van der Waals surface area contributed by atoms with Crippen molar-refractivity contribution in [1.82, 2.24) is 0 Å². The first-order valence-electron chi connectivity index (χ1n) is 6.74. The number of hydrogen-bond acceptors (Lipinski definition) is 2. The van der Waals surface area contributed by atoms with Crippen LogP contribution in [0.15, 0.2) is 18.2 Å². The first-order valence-corrected chi connectivity index (χ1v) is 6.74. The van der Waals surface area contributed by atoms with E-state index in [-0.39, 0.29) is 35.9 Å². The summed E-state index contributed by atoms with van der Waals surface area (Å²) in [6.45, 7) is 0. The van der Waals surface area contributed by atoms with Gasteiger partial charge in [-0.15, -0.1) is 0 Å². The lowest BCUT2D eigenvalue weighted by Crippen LogP contribution is -2.31. The van der Waals surface area contributed by atoms with E-state index in [1.165, 1.54) is 18.2 Å². The number of rotatable bonds is 3. The van der Waals surface area contributed by atoms with Crippen LogP contribution < -0.4 is 0 Å². The van der Waals surface area contributed by atoms with Crippen molar-refractivity contribution in [1.29, 1.82) is 0 Å². The molecule has 0 aromatic heterocycles. The van der Waals surface area contributed by atoms with Gasteiger partial charge in [0.25, 0.3) is 0 Å². The van der Waals surface area contributed by atoms with Gasteiger partial charge in [-0.3, -0.25) is 4.79 Å². The maximum atomic E-state index is 13.5. The minimum Gasteiger partial charge on any atom is -0.375 e. The third-order valence-electron chi connectivity index (χ3n) is 4.16. The van der Waals surface area contributed by atoms with Crippen LogP contribution in [0, 0.1) is 17.6 Å². The van der Waals surface area contributed by atoms with Crippen LogP contribution in [0.25, 0.3) is 0 Å². The fourth-order valence-corrected chi connectivity index (χ4v) is 3.14. The molecule has 0 amide bonds. The topological polar surface area (TPSA) is 26.3 Å². The van der Waals surface area contributed by atoms with Crippen LogP contribution in [0.3, 0.4) is 0 Å². The predicted molar refractivity (Wildman–Crippen MR) is 65.7 cm³/mol. The smallest absolute Gasteiger partial charge is 0.140 e. The zero-order valence-electron chi connectivity index (χ0n) is 10.6. The summed E-state index contributed by atoms with van der Waals surface area (Å²) in [6, 6.07) is 3.70. The Labute approximate surface area is 110 Å². The van der Waals surface area contributed by atoms with Crippen molar-refractivity contribution in [3.63, 3.8) is 0 Å². The highest BCUT2D eigenvalue weighted by atomic mass is 19.1. The van der Waals surface area contributed by atoms with Crippen LogP contribution in [0.5, 0.6) is 0 Å². The fraction of sp³-hybridized carbons (Fsp3) is 0.533. The summed E-state index contributed by atoms with van der Waals surface area (Å²) in [6.07, 6.45) is 3.58. The van der Waals surface area contributed by atoms with Gasteiger partial charge in [0.2, 0.25) is 0 Å². The number of ether oxygens (including phenoxy) is 1. The predicted octanol–water partition coefficient (Wildman–Crippen LogP) is 3.03. The Morgan fingerprint density at radius 2 is 1.74 bits per heavy atom. The summed E-state index contributed by atoms with van der Waals surface area (Å²) >= 11 is 0. The monoisotopic (exact) mass is 266 g/mol. The Kier molecular flexibility index (Phi) is 3.35. The second-order valence-corrected chi connectivity index (χ2v) is 5.47. The molecule has 2 fully saturated rings. The Morgan fingerprint density at radius 3 is 2.32 bits per heavy atom. The fourth-order valence-electron chi connectivity index (χ4n) is 3.14. The van der Waals surface area contributed by atoms with Crippen LogP contribution >= 0.6 is 0 Å². The van der Waals surface area contributed by atoms with Crippen LogP contribution in [0.4, 0.5) is 8.78 Å². The molecule has 2 saturated heterocycles. The van der Waals surface area contributed by atoms with Crippen LogP contribution in [-0.2, 0) is 16.0 Å². The average molecular weight is 266 g/mol. The van der Waals surface area contributed by atoms with E-state index in [1.807, 2.05) is 0 Å². The number of halogens is 2. The molecule has 0 saturated carbocycles. The number of benzene rings is 1. The van der Waals surface area contributed by atoms with Crippen molar-refractivity contribution >= 4 is 5.78 Å². The molecular formula is C15H16F2O2. The lowest BCUT2D eigenvalue weighted by Gasteiger charge is -2.27. The number of fused-ring (bicyclic) bond motifs is 2. The molecule has 3 rings (SSSR count). The van der Waals surface area contributed by atoms with Gasteiger partial charge in [-0.2, -0.15) is 0 Å². The van der Waals surface area contributed by atoms with Crippen molar-refractivity contribution in [2.75, 3.05) is 0 Å². The molecule has 2 atom stereocenters. The van der Waals surface area contributed by atoms with E-state index in [0.717, 1.165) is 12.8 Å². The van der Waals surface area contributed by atoms with Crippen molar-refractivity contribution in [3.8, 4) is 0 Å². The highest BCUT2D eigenvalue weighted by molar-refractivity contribution is 5.83. The summed E-state index contributed by atoms with van der Waals surface area (Å²) in [5.74, 6) is -1.44. The number of carbonyl (C=O) groups is 1. The Balaban J connectivity index is 1.71. The number of hydrogen-bond donors (Lipinski definition) is 0. The molecule has 4 heteroatoms. The minimum absolute atomic E-state index is 0.0656. The zero-order valence-corrected chi connectivity index (χ0v) is 10.6. The average Bonchev–Trinajstić information content (AvgIpc) is 2.72. The normalized spacial score (nSPS) is 29.5. The van der Waals surface area contributed by atoms with Gasteiger partial charge in [0.05, 0.1) is 12.2 Å². The van der Waals surface area contributed by atoms with E-state index in [1.54, 1.807) is 0 Å². The van der Waals surface area contributed by atoms with Gasteiger partial charge in [-0.05, 0) is 37.8 Å². The Morgan fingerprint density at radius 1 is 1.16 bits per heavy atom. The third-order valence-corrected chi connectivity index (χ3v) is 4.16. The van der Waals surface area contributed by atoms with Crippen molar-refractivity contribution < 1.29 is 18.3 Å². The third kappa shape index (κ3) is 2.54. The second-order valence-electron chi connectivity index (χ2n) is 5.47. The molecule has 0 aliphatic carbocycles. The molecule has 2 nitrogen and oxygen atoms in total. The maximum Gasteiger partial charge on any atom is 0.140 e. The molecule has 2 unspecified atom stereocenters. The number of Topliss-reactive ketones (excluding diaryl/α,β-unsaturated/α-hetero) is 1. The largest absolute Gasteiger partial charge is 0.375 e. The molecule has 19 heavy (non-hydrogen) atoms. The molecule has 2 aliphatic heterocycles. The van der Waals surface area contributed by atoms with E-state index in [0.29, 0.717) is 12.8 Å². The van der Waals surface area contributed by atoms with Gasteiger partial charge in [0.1, 0.15) is 17.4 Å². The number of carbonyl (C=O) groups excluding carboxylic acids is 1. The first kappa shape index (κ1) is 12.7. The molecule has 1 aromatic rings. The summed E-state index contributed by atoms with van der Waals surface area (Å²) in [4.78, 5) is 12.2. The summed E-state index contributed by atoms with van der Waals surface area (Å²) in [5.41, 5.74) is -0.105. The van der Waals surface area contributed by atoms with E-state index >= 15 is 0 Å². The molecule has 0 spiro atoms. The van der Waals surface area contributed by atoms with Gasteiger partial charge in [0, 0.05) is 17.9 Å². The minimum atomic E-state index is -0.636. The zero-order chi connectivity index (χ0) is 13.4. The molecule has 2 heterocycles. The van der Waals surface area contributed by atoms with Crippen molar-refractivity contribution in [2.24, 2.45) is 5.92 Å². The second kappa shape index (κ2) is 5.00. The van der Waals surface area contributed by atoms with Gasteiger partial charge < -0.3 is 4.74 Å². The van der Waals surface area contributed by atoms with Crippen LogP contribution in [-0.4, -0.2) is 18.0 Å². The van der Waals surface area contributed by atoms with Crippen LogP contribution in [0.1, 0.15) is 31.2 Å². The summed E-state index contributed by atoms with van der Waals surface area (Å²) in [5, 5.41) is 0. The standard InChI is InChI=1S/C15H16F2O2/c16-13-2-1-3-14(17)12(13)8-15(18)9-6-10-4-5-11(7-9)19-10/h1-3,9-11H,4-8H2. The lowest BCUT2D eigenvalue weighted by atomic mass is 9.88. The molecule has 2 aliphatic rings. The Bertz CT molecular complexity index is 469. The van der Waals surface area contributed by atoms with Gasteiger partial charge >= 0.3 is 0 Å². The first-order chi connectivity index (χ1) is 9.13. The van der Waals surface area contributed by atoms with Crippen molar-refractivity contribution in [3.05, 3.63) is 35.4 Å². The van der Waals surface area contributed by atoms with Gasteiger partial charge in [-0.25, -0.2) is 8.78 Å². The van der Waals surface area contributed by atoms with E-state index in [4.69, 9.17) is 4.74 Å². The molecule has 2 bridgehead atoms. The van der Waals surface area contributed by atoms with Crippen molar-refractivity contribution in [2.45, 2.75) is 44.3 Å². The molecule has 102 valence electrons. The van der Waals surface area contributed by atoms with Crippen LogP contribution in [0.2, 0.25) is 0 Å². The van der Waals surface area contributed by atoms with Gasteiger partial charge in [0.15, 0.2) is 0 Å². The lowest BCUT2D eigenvalue weighted by molar-refractivity contribution is -0.128. The quantitative estimate of drug-likeness (QED) is 0.840. The molecule has 1 aromatic carbocycles. The van der Waals surface area contributed by atoms with E-state index in [2.05, 4.69) is 0 Å². The maximum absolute atomic E-state index is 13.5. The molecular weight excluding hydrogens is 250 g/mol. The van der Waals surface area contributed by atoms with E-state index < -0.39 is 11.6 Å². The Hall–Kier alpha value is -1.29. The summed E-state index contributed by atoms with van der Waals surface area (Å²) in [7, 11) is 0. The SMILES string of the molecule is O=C(Cc1c(F)cccc1F)C1CC2CCC(C1)O2. The molecule has 0 N–H and O–H groups in total. The highest BCUT2D eigenvalue weighted by Gasteiger charge is 2.38. The van der Waals surface area contributed by atoms with E-state index in [9.17, 15) is 13.6 Å². The highest BCUT2D eigenvalue weighted by Crippen LogP contribution is 2.36. The summed E-state index contributed by atoms with van der Waals surface area (Å²) < 4.78 is 32.7. The molecule has 0 radical (unpaired) electrons. The van der Waals surface area contributed by atoms with Gasteiger partial charge in [-0.1, -0.05) is 6.07 Å². The number of ketones is 1.